The van der Waals surface area contributed by atoms with Gasteiger partial charge < -0.3 is 9.80 Å². The smallest absolute Gasteiger partial charge is 0.257 e. The van der Waals surface area contributed by atoms with Crippen molar-refractivity contribution in [2.75, 3.05) is 45.8 Å². The van der Waals surface area contributed by atoms with Crippen molar-refractivity contribution in [2.45, 2.75) is 63.7 Å². The van der Waals surface area contributed by atoms with Crippen molar-refractivity contribution in [1.29, 1.82) is 0 Å². The highest BCUT2D eigenvalue weighted by atomic mass is 16.2. The molecule has 0 bridgehead atoms. The SMILES string of the molecule is O=C(CN1CCCCC1)N1CCC(c2[nH]ncc2C(=O)N2CCCCCC2)CC1. The molecule has 2 amide bonds. The molecular weight excluding hydrogens is 366 g/mol. The van der Waals surface area contributed by atoms with E-state index < -0.39 is 0 Å². The lowest BCUT2D eigenvalue weighted by molar-refractivity contribution is -0.133. The average molecular weight is 402 g/mol. The third-order valence-electron chi connectivity index (χ3n) is 6.86. The Kier molecular flexibility index (Phi) is 6.85. The number of H-pyrrole nitrogens is 1. The summed E-state index contributed by atoms with van der Waals surface area (Å²) in [5, 5.41) is 7.32. The maximum absolute atomic E-state index is 13.1. The van der Waals surface area contributed by atoms with Crippen molar-refractivity contribution in [1.82, 2.24) is 24.9 Å². The van der Waals surface area contributed by atoms with Crippen LogP contribution in [0.15, 0.2) is 6.20 Å². The number of carbonyl (C=O) groups is 2. The molecule has 1 aromatic rings. The second-order valence-electron chi connectivity index (χ2n) is 8.90. The van der Waals surface area contributed by atoms with Gasteiger partial charge in [0, 0.05) is 32.1 Å². The van der Waals surface area contributed by atoms with Crippen LogP contribution in [0.25, 0.3) is 0 Å². The topological polar surface area (TPSA) is 72.5 Å². The number of amides is 2. The molecule has 7 heteroatoms. The zero-order chi connectivity index (χ0) is 20.1. The van der Waals surface area contributed by atoms with Gasteiger partial charge in [0.25, 0.3) is 5.91 Å². The van der Waals surface area contributed by atoms with E-state index in [2.05, 4.69) is 15.1 Å². The first-order valence-electron chi connectivity index (χ1n) is 11.5. The van der Waals surface area contributed by atoms with Crippen LogP contribution in [0.3, 0.4) is 0 Å². The molecule has 0 radical (unpaired) electrons. The maximum atomic E-state index is 13.1. The standard InChI is InChI=1S/C22H35N5O2/c28-20(17-25-10-4-3-5-11-25)26-14-8-18(9-15-26)21-19(16-23-24-21)22(29)27-12-6-1-2-7-13-27/h16,18H,1-15,17H2,(H,23,24). The predicted molar refractivity (Wildman–Crippen MR) is 112 cm³/mol. The fraction of sp³-hybridized carbons (Fsp3) is 0.773. The summed E-state index contributed by atoms with van der Waals surface area (Å²) >= 11 is 0. The van der Waals surface area contributed by atoms with Crippen molar-refractivity contribution in [3.05, 3.63) is 17.5 Å². The van der Waals surface area contributed by atoms with Gasteiger partial charge in [-0.05, 0) is 51.6 Å². The summed E-state index contributed by atoms with van der Waals surface area (Å²) < 4.78 is 0. The lowest BCUT2D eigenvalue weighted by Crippen LogP contribution is -2.45. The van der Waals surface area contributed by atoms with Crippen LogP contribution in [-0.4, -0.2) is 82.5 Å². The quantitative estimate of drug-likeness (QED) is 0.842. The second-order valence-corrected chi connectivity index (χ2v) is 8.90. The normalized spacial score (nSPS) is 22.5. The van der Waals surface area contributed by atoms with E-state index in [-0.39, 0.29) is 17.7 Å². The molecule has 0 unspecified atom stereocenters. The zero-order valence-corrected chi connectivity index (χ0v) is 17.6. The van der Waals surface area contributed by atoms with Crippen LogP contribution in [0.4, 0.5) is 0 Å². The molecule has 4 heterocycles. The molecule has 3 aliphatic heterocycles. The molecule has 29 heavy (non-hydrogen) atoms. The van der Waals surface area contributed by atoms with Crippen LogP contribution in [0.2, 0.25) is 0 Å². The van der Waals surface area contributed by atoms with E-state index in [1.807, 2.05) is 9.80 Å². The molecule has 3 fully saturated rings. The molecule has 0 spiro atoms. The van der Waals surface area contributed by atoms with Gasteiger partial charge in [-0.2, -0.15) is 5.10 Å². The minimum absolute atomic E-state index is 0.124. The molecule has 0 aliphatic carbocycles. The van der Waals surface area contributed by atoms with Crippen LogP contribution < -0.4 is 0 Å². The van der Waals surface area contributed by atoms with Crippen molar-refractivity contribution in [3.8, 4) is 0 Å². The number of aromatic amines is 1. The Morgan fingerprint density at radius 1 is 0.862 bits per heavy atom. The van der Waals surface area contributed by atoms with E-state index in [9.17, 15) is 9.59 Å². The number of piperidine rings is 2. The summed E-state index contributed by atoms with van der Waals surface area (Å²) in [7, 11) is 0. The molecule has 4 rings (SSSR count). The van der Waals surface area contributed by atoms with Crippen LogP contribution >= 0.6 is 0 Å². The highest BCUT2D eigenvalue weighted by molar-refractivity contribution is 5.95. The molecular formula is C22H35N5O2. The molecule has 0 atom stereocenters. The highest BCUT2D eigenvalue weighted by Gasteiger charge is 2.30. The summed E-state index contributed by atoms with van der Waals surface area (Å²) in [6.07, 6.45) is 11.8. The van der Waals surface area contributed by atoms with Crippen molar-refractivity contribution >= 4 is 11.8 Å². The first-order chi connectivity index (χ1) is 14.2. The van der Waals surface area contributed by atoms with E-state index in [4.69, 9.17) is 0 Å². The minimum atomic E-state index is 0.124. The number of carbonyl (C=O) groups excluding carboxylic acids is 2. The third-order valence-corrected chi connectivity index (χ3v) is 6.86. The lowest BCUT2D eigenvalue weighted by Gasteiger charge is -2.34. The molecule has 0 saturated carbocycles. The number of nitrogens with zero attached hydrogens (tertiary/aromatic N) is 4. The molecule has 1 N–H and O–H groups in total. The largest absolute Gasteiger partial charge is 0.342 e. The first-order valence-corrected chi connectivity index (χ1v) is 11.5. The number of hydrogen-bond acceptors (Lipinski definition) is 4. The molecule has 7 nitrogen and oxygen atoms in total. The zero-order valence-electron chi connectivity index (χ0n) is 17.6. The van der Waals surface area contributed by atoms with Gasteiger partial charge >= 0.3 is 0 Å². The van der Waals surface area contributed by atoms with Crippen LogP contribution in [0, 0.1) is 0 Å². The summed E-state index contributed by atoms with van der Waals surface area (Å²) in [6, 6.07) is 0. The Hall–Kier alpha value is -1.89. The summed E-state index contributed by atoms with van der Waals surface area (Å²) in [6.45, 7) is 5.92. The molecule has 1 aromatic heterocycles. The fourth-order valence-electron chi connectivity index (χ4n) is 5.05. The van der Waals surface area contributed by atoms with Gasteiger partial charge in [-0.15, -0.1) is 0 Å². The van der Waals surface area contributed by atoms with E-state index in [0.717, 1.165) is 76.2 Å². The van der Waals surface area contributed by atoms with Crippen molar-refractivity contribution < 1.29 is 9.59 Å². The third kappa shape index (κ3) is 5.00. The fourth-order valence-corrected chi connectivity index (χ4v) is 5.05. The minimum Gasteiger partial charge on any atom is -0.342 e. The molecule has 160 valence electrons. The molecule has 3 aliphatic rings. The first kappa shape index (κ1) is 20.4. The lowest BCUT2D eigenvalue weighted by atomic mass is 9.91. The predicted octanol–water partition coefficient (Wildman–Crippen LogP) is 2.62. The monoisotopic (exact) mass is 401 g/mol. The number of aromatic nitrogens is 2. The Labute approximate surface area is 173 Å². The van der Waals surface area contributed by atoms with Gasteiger partial charge in [0.2, 0.25) is 5.91 Å². The Bertz CT molecular complexity index is 681. The van der Waals surface area contributed by atoms with E-state index in [1.54, 1.807) is 6.20 Å². The van der Waals surface area contributed by atoms with Crippen LogP contribution in [0.5, 0.6) is 0 Å². The number of hydrogen-bond donors (Lipinski definition) is 1. The van der Waals surface area contributed by atoms with Gasteiger partial charge in [0.05, 0.1) is 24.0 Å². The number of nitrogens with one attached hydrogen (secondary N) is 1. The van der Waals surface area contributed by atoms with Crippen molar-refractivity contribution in [2.24, 2.45) is 0 Å². The second kappa shape index (κ2) is 9.74. The number of rotatable bonds is 4. The summed E-state index contributed by atoms with van der Waals surface area (Å²) in [5.74, 6) is 0.664. The van der Waals surface area contributed by atoms with E-state index >= 15 is 0 Å². The number of likely N-dealkylation sites (tertiary alicyclic amines) is 3. The van der Waals surface area contributed by atoms with Crippen LogP contribution in [-0.2, 0) is 4.79 Å². The Balaban J connectivity index is 1.32. The van der Waals surface area contributed by atoms with E-state index in [1.165, 1.54) is 32.1 Å². The maximum Gasteiger partial charge on any atom is 0.257 e. The Morgan fingerprint density at radius 3 is 2.17 bits per heavy atom. The Morgan fingerprint density at radius 2 is 1.48 bits per heavy atom. The van der Waals surface area contributed by atoms with Crippen LogP contribution in [0.1, 0.15) is 79.8 Å². The molecule has 0 aromatic carbocycles. The highest BCUT2D eigenvalue weighted by Crippen LogP contribution is 2.30. The van der Waals surface area contributed by atoms with E-state index in [0.29, 0.717) is 6.54 Å². The van der Waals surface area contributed by atoms with Crippen molar-refractivity contribution in [3.63, 3.8) is 0 Å². The summed E-state index contributed by atoms with van der Waals surface area (Å²) in [5.41, 5.74) is 1.72. The van der Waals surface area contributed by atoms with Gasteiger partial charge in [-0.25, -0.2) is 0 Å². The van der Waals surface area contributed by atoms with Gasteiger partial charge in [-0.3, -0.25) is 19.6 Å². The molecule has 3 saturated heterocycles. The average Bonchev–Trinajstić information content (AvgIpc) is 3.09. The van der Waals surface area contributed by atoms with Gasteiger partial charge in [0.15, 0.2) is 0 Å². The van der Waals surface area contributed by atoms with Gasteiger partial charge in [0.1, 0.15) is 0 Å². The van der Waals surface area contributed by atoms with Gasteiger partial charge in [-0.1, -0.05) is 19.3 Å². The summed E-state index contributed by atoms with van der Waals surface area (Å²) in [4.78, 5) is 32.1.